The summed E-state index contributed by atoms with van der Waals surface area (Å²) in [6.07, 6.45) is 1.77. The van der Waals surface area contributed by atoms with Gasteiger partial charge in [-0.2, -0.15) is 5.26 Å². The van der Waals surface area contributed by atoms with E-state index in [2.05, 4.69) is 11.1 Å². The summed E-state index contributed by atoms with van der Waals surface area (Å²) in [4.78, 5) is 4.48. The van der Waals surface area contributed by atoms with Gasteiger partial charge in [-0.05, 0) is 35.2 Å². The molecule has 1 heterocycles. The molecule has 4 heteroatoms. The minimum absolute atomic E-state index is 0.322. The Bertz CT molecular complexity index is 1080. The fourth-order valence-corrected chi connectivity index (χ4v) is 3.03. The van der Waals surface area contributed by atoms with Crippen LogP contribution in [0.4, 0.5) is 0 Å². The predicted octanol–water partition coefficient (Wildman–Crippen LogP) is 3.29. The van der Waals surface area contributed by atoms with Crippen LogP contribution in [0, 0.1) is 11.3 Å². The number of aromatic nitrogens is 1. The number of benzene rings is 3. The highest BCUT2D eigenvalue weighted by Gasteiger charge is 2.24. The third kappa shape index (κ3) is 3.15. The maximum Gasteiger partial charge on any atom is 0.426 e. The maximum absolute atomic E-state index is 9.24. The molecule has 26 heavy (non-hydrogen) atoms. The van der Waals surface area contributed by atoms with Gasteiger partial charge in [-0.15, -0.1) is 0 Å². The molecular weight excluding hydrogens is 319 g/mol. The summed E-state index contributed by atoms with van der Waals surface area (Å²) in [5, 5.41) is 10.3. The molecule has 0 aliphatic heterocycles. The second-order valence-electron chi connectivity index (χ2n) is 5.98. The van der Waals surface area contributed by atoms with E-state index in [9.17, 15) is 5.26 Å². The molecule has 1 aromatic heterocycles. The Morgan fingerprint density at radius 1 is 0.808 bits per heavy atom. The highest BCUT2D eigenvalue weighted by Crippen LogP contribution is 2.23. The highest BCUT2D eigenvalue weighted by molar-refractivity contribution is 6.80. The lowest BCUT2D eigenvalue weighted by molar-refractivity contribution is 0.597. The minimum Gasteiger partial charge on any atom is -0.550 e. The van der Waals surface area contributed by atoms with Crippen LogP contribution in [0.5, 0.6) is 5.75 Å². The summed E-state index contributed by atoms with van der Waals surface area (Å²) in [6.45, 7) is -0.322. The van der Waals surface area contributed by atoms with Crippen molar-refractivity contribution in [3.8, 4) is 11.8 Å². The van der Waals surface area contributed by atoms with Crippen LogP contribution in [0.25, 0.3) is 10.9 Å². The monoisotopic (exact) mass is 334 g/mol. The second-order valence-corrected chi connectivity index (χ2v) is 5.98. The molecule has 4 aromatic rings. The molecule has 0 saturated carbocycles. The SMILES string of the molecule is N#Cc1cccc(B(Oc2cccc3cccnc23)c2ccccc2)c1. The van der Waals surface area contributed by atoms with E-state index in [1.54, 1.807) is 12.3 Å². The Kier molecular flexibility index (Phi) is 4.36. The quantitative estimate of drug-likeness (QED) is 0.538. The molecule has 0 bridgehead atoms. The highest BCUT2D eigenvalue weighted by atomic mass is 16.4. The lowest BCUT2D eigenvalue weighted by Crippen LogP contribution is -2.47. The van der Waals surface area contributed by atoms with Gasteiger partial charge in [0.1, 0.15) is 11.3 Å². The van der Waals surface area contributed by atoms with Crippen molar-refractivity contribution in [1.82, 2.24) is 4.98 Å². The normalized spacial score (nSPS) is 10.3. The Hall–Kier alpha value is -3.58. The van der Waals surface area contributed by atoms with E-state index in [0.717, 1.165) is 27.6 Å². The molecule has 0 radical (unpaired) electrons. The van der Waals surface area contributed by atoms with E-state index in [0.29, 0.717) is 5.56 Å². The number of rotatable bonds is 4. The third-order valence-corrected chi connectivity index (χ3v) is 4.26. The number of fused-ring (bicyclic) bond motifs is 1. The van der Waals surface area contributed by atoms with Gasteiger partial charge in [0.15, 0.2) is 0 Å². The van der Waals surface area contributed by atoms with Crippen molar-refractivity contribution in [2.45, 2.75) is 0 Å². The third-order valence-electron chi connectivity index (χ3n) is 4.26. The van der Waals surface area contributed by atoms with Crippen LogP contribution in [-0.4, -0.2) is 11.9 Å². The molecule has 0 aliphatic rings. The topological polar surface area (TPSA) is 45.9 Å². The van der Waals surface area contributed by atoms with Crippen molar-refractivity contribution >= 4 is 28.7 Å². The molecule has 0 atom stereocenters. The summed E-state index contributed by atoms with van der Waals surface area (Å²) >= 11 is 0. The molecule has 0 aliphatic carbocycles. The van der Waals surface area contributed by atoms with Crippen molar-refractivity contribution in [3.05, 3.63) is 96.7 Å². The van der Waals surface area contributed by atoms with Gasteiger partial charge in [0.25, 0.3) is 0 Å². The summed E-state index contributed by atoms with van der Waals surface area (Å²) in [7, 11) is 0. The van der Waals surface area contributed by atoms with Gasteiger partial charge in [0.2, 0.25) is 0 Å². The molecule has 4 rings (SSSR count). The van der Waals surface area contributed by atoms with E-state index in [-0.39, 0.29) is 6.92 Å². The minimum atomic E-state index is -0.322. The zero-order chi connectivity index (χ0) is 17.8. The Labute approximate surface area is 152 Å². The van der Waals surface area contributed by atoms with Crippen LogP contribution in [0.3, 0.4) is 0 Å². The van der Waals surface area contributed by atoms with Crippen LogP contribution < -0.4 is 15.6 Å². The number of pyridine rings is 1. The Balaban J connectivity index is 1.82. The van der Waals surface area contributed by atoms with Crippen LogP contribution in [-0.2, 0) is 0 Å². The van der Waals surface area contributed by atoms with E-state index >= 15 is 0 Å². The molecule has 0 unspecified atom stereocenters. The molecule has 0 N–H and O–H groups in total. The van der Waals surface area contributed by atoms with Crippen LogP contribution in [0.1, 0.15) is 5.56 Å². The van der Waals surface area contributed by atoms with E-state index < -0.39 is 0 Å². The summed E-state index contributed by atoms with van der Waals surface area (Å²) in [5.41, 5.74) is 3.40. The number of nitriles is 1. The van der Waals surface area contributed by atoms with Crippen molar-refractivity contribution in [3.63, 3.8) is 0 Å². The summed E-state index contributed by atoms with van der Waals surface area (Å²) < 4.78 is 6.43. The van der Waals surface area contributed by atoms with E-state index in [1.165, 1.54) is 0 Å². The molecule has 0 fully saturated rings. The average Bonchev–Trinajstić information content (AvgIpc) is 2.72. The summed E-state index contributed by atoms with van der Waals surface area (Å²) in [6, 6.07) is 29.6. The Morgan fingerprint density at radius 2 is 1.58 bits per heavy atom. The lowest BCUT2D eigenvalue weighted by atomic mass is 9.55. The number of para-hydroxylation sites is 1. The number of hydrogen-bond acceptors (Lipinski definition) is 3. The molecule has 0 amide bonds. The van der Waals surface area contributed by atoms with Crippen molar-refractivity contribution in [2.75, 3.05) is 0 Å². The zero-order valence-corrected chi connectivity index (χ0v) is 14.0. The largest absolute Gasteiger partial charge is 0.550 e. The predicted molar refractivity (Wildman–Crippen MR) is 105 cm³/mol. The maximum atomic E-state index is 9.24. The first-order valence-corrected chi connectivity index (χ1v) is 8.40. The first-order chi connectivity index (χ1) is 12.8. The molecule has 0 spiro atoms. The van der Waals surface area contributed by atoms with Crippen molar-refractivity contribution in [2.24, 2.45) is 0 Å². The van der Waals surface area contributed by atoms with Gasteiger partial charge in [0.05, 0.1) is 11.6 Å². The smallest absolute Gasteiger partial charge is 0.426 e. The summed E-state index contributed by atoms with van der Waals surface area (Å²) in [5.74, 6) is 0.722. The standard InChI is InChI=1S/C22H15BN2O/c24-16-17-7-4-12-20(15-17)23(19-10-2-1-3-11-19)26-21-13-5-8-18-9-6-14-25-22(18)21/h1-15H. The first kappa shape index (κ1) is 15.9. The second kappa shape index (κ2) is 7.12. The van der Waals surface area contributed by atoms with E-state index in [4.69, 9.17) is 4.65 Å². The fourth-order valence-electron chi connectivity index (χ4n) is 3.03. The molecule has 3 aromatic carbocycles. The molecule has 0 saturated heterocycles. The number of hydrogen-bond donors (Lipinski definition) is 0. The average molecular weight is 334 g/mol. The Morgan fingerprint density at radius 3 is 2.42 bits per heavy atom. The van der Waals surface area contributed by atoms with Gasteiger partial charge in [-0.3, -0.25) is 4.98 Å². The van der Waals surface area contributed by atoms with Crippen LogP contribution in [0.15, 0.2) is 91.1 Å². The molecule has 3 nitrogen and oxygen atoms in total. The zero-order valence-electron chi connectivity index (χ0n) is 14.0. The first-order valence-electron chi connectivity index (χ1n) is 8.40. The van der Waals surface area contributed by atoms with Gasteiger partial charge in [0, 0.05) is 11.6 Å². The van der Waals surface area contributed by atoms with Crippen LogP contribution >= 0.6 is 0 Å². The molecule has 122 valence electrons. The van der Waals surface area contributed by atoms with Gasteiger partial charge < -0.3 is 4.65 Å². The van der Waals surface area contributed by atoms with Gasteiger partial charge in [-0.25, -0.2) is 0 Å². The van der Waals surface area contributed by atoms with Crippen molar-refractivity contribution in [1.29, 1.82) is 5.26 Å². The lowest BCUT2D eigenvalue weighted by Gasteiger charge is -2.18. The van der Waals surface area contributed by atoms with Crippen molar-refractivity contribution < 1.29 is 4.65 Å². The van der Waals surface area contributed by atoms with Gasteiger partial charge in [-0.1, -0.05) is 60.7 Å². The number of nitrogens with zero attached hydrogens (tertiary/aromatic N) is 2. The van der Waals surface area contributed by atoms with Crippen LogP contribution in [0.2, 0.25) is 0 Å². The fraction of sp³-hybridized carbons (Fsp3) is 0. The van der Waals surface area contributed by atoms with E-state index in [1.807, 2.05) is 78.9 Å². The molecular formula is C22H15BN2O. The van der Waals surface area contributed by atoms with Gasteiger partial charge >= 0.3 is 6.92 Å².